The van der Waals surface area contributed by atoms with Crippen LogP contribution in [0.5, 0.6) is 0 Å². The predicted octanol–water partition coefficient (Wildman–Crippen LogP) is 7.30. The Morgan fingerprint density at radius 3 is 2.45 bits per heavy atom. The predicted molar refractivity (Wildman–Crippen MR) is 157 cm³/mol. The van der Waals surface area contributed by atoms with E-state index in [0.717, 1.165) is 60.5 Å². The van der Waals surface area contributed by atoms with Gasteiger partial charge in [0.2, 0.25) is 0 Å². The maximum atomic E-state index is 13.3. The Labute approximate surface area is 238 Å². The van der Waals surface area contributed by atoms with Crippen LogP contribution in [-0.2, 0) is 10.8 Å². The largest absolute Gasteiger partial charge is 0.331 e. The van der Waals surface area contributed by atoms with Gasteiger partial charge in [0.05, 0.1) is 16.1 Å². The van der Waals surface area contributed by atoms with Crippen molar-refractivity contribution in [3.05, 3.63) is 99.0 Å². The van der Waals surface area contributed by atoms with Crippen LogP contribution < -0.4 is 0 Å². The molecule has 1 amide bonds. The van der Waals surface area contributed by atoms with Gasteiger partial charge in [-0.1, -0.05) is 59.6 Å². The zero-order valence-corrected chi connectivity index (χ0v) is 24.2. The second-order valence-corrected chi connectivity index (χ2v) is 12.5. The summed E-state index contributed by atoms with van der Waals surface area (Å²) in [5.74, 6) is 0.705. The molecule has 3 aromatic carbocycles. The highest BCUT2D eigenvalue weighted by Gasteiger charge is 2.41. The molecule has 0 aromatic heterocycles. The van der Waals surface area contributed by atoms with Crippen molar-refractivity contribution >= 4 is 39.9 Å². The Balaban J connectivity index is 1.34. The highest BCUT2D eigenvalue weighted by Crippen LogP contribution is 2.45. The number of amides is 1. The van der Waals surface area contributed by atoms with Crippen LogP contribution in [0.2, 0.25) is 10.0 Å². The van der Waals surface area contributed by atoms with Gasteiger partial charge in [-0.25, -0.2) is 0 Å². The molecule has 0 saturated carbocycles. The lowest BCUT2D eigenvalue weighted by molar-refractivity contribution is 0.0703. The van der Waals surface area contributed by atoms with Gasteiger partial charge in [-0.15, -0.1) is 0 Å². The van der Waals surface area contributed by atoms with E-state index in [4.69, 9.17) is 23.2 Å². The van der Waals surface area contributed by atoms with E-state index >= 15 is 0 Å². The minimum absolute atomic E-state index is 0.0314. The summed E-state index contributed by atoms with van der Waals surface area (Å²) >= 11 is 12.7. The summed E-state index contributed by atoms with van der Waals surface area (Å²) in [7, 11) is -0.960. The number of fused-ring (bicyclic) bond motifs is 1. The third-order valence-corrected chi connectivity index (χ3v) is 9.86. The van der Waals surface area contributed by atoms with Crippen LogP contribution in [-0.4, -0.2) is 52.4 Å². The quantitative estimate of drug-likeness (QED) is 0.286. The van der Waals surface area contributed by atoms with Crippen LogP contribution in [0.25, 0.3) is 0 Å². The van der Waals surface area contributed by atoms with Crippen molar-refractivity contribution in [1.82, 2.24) is 9.80 Å². The molecule has 200 valence electrons. The van der Waals surface area contributed by atoms with Crippen molar-refractivity contribution in [3.63, 3.8) is 0 Å². The summed E-state index contributed by atoms with van der Waals surface area (Å²) in [6.45, 7) is 5.70. The molecule has 0 aliphatic carbocycles. The zero-order chi connectivity index (χ0) is 26.8. The summed E-state index contributed by atoms with van der Waals surface area (Å²) in [4.78, 5) is 18.7. The Bertz CT molecular complexity index is 1340. The van der Waals surface area contributed by atoms with Crippen molar-refractivity contribution in [2.75, 3.05) is 32.4 Å². The maximum absolute atomic E-state index is 13.3. The molecule has 1 unspecified atom stereocenters. The first-order valence-electron chi connectivity index (χ1n) is 13.4. The molecule has 0 N–H and O–H groups in total. The number of likely N-dealkylation sites (N-methyl/N-ethyl adjacent to an activating group) is 1. The van der Waals surface area contributed by atoms with E-state index in [1.165, 1.54) is 5.56 Å². The second kappa shape index (κ2) is 11.9. The van der Waals surface area contributed by atoms with Gasteiger partial charge < -0.3 is 9.80 Å². The molecule has 1 saturated heterocycles. The number of halogens is 2. The molecule has 5 rings (SSSR count). The minimum atomic E-state index is -0.960. The number of carbonyl (C=O) groups excluding carboxylic acids is 1. The zero-order valence-electron chi connectivity index (χ0n) is 21.9. The van der Waals surface area contributed by atoms with Crippen LogP contribution in [0.3, 0.4) is 0 Å². The van der Waals surface area contributed by atoms with E-state index in [-0.39, 0.29) is 17.9 Å². The lowest BCUT2D eigenvalue weighted by Crippen LogP contribution is -2.36. The Kier molecular flexibility index (Phi) is 8.59. The van der Waals surface area contributed by atoms with Gasteiger partial charge in [0.1, 0.15) is 0 Å². The summed E-state index contributed by atoms with van der Waals surface area (Å²) in [6.07, 6.45) is 4.82. The summed E-state index contributed by atoms with van der Waals surface area (Å²) in [5.41, 5.74) is 4.32. The van der Waals surface area contributed by atoms with E-state index in [2.05, 4.69) is 36.1 Å². The lowest BCUT2D eigenvalue weighted by Gasteiger charge is -2.36. The van der Waals surface area contributed by atoms with Crippen LogP contribution >= 0.6 is 23.2 Å². The SMILES string of the molecule is CCN1C(=O)c2ccccc2[C@H]1[C@@H](CCN1CCC(c2cccc(S(C)=O)c2)CC1)c1ccc(Cl)c(Cl)c1. The molecule has 3 aromatic rings. The van der Waals surface area contributed by atoms with Crippen LogP contribution in [0.4, 0.5) is 0 Å². The molecule has 2 aliphatic rings. The molecule has 7 heteroatoms. The first kappa shape index (κ1) is 27.4. The second-order valence-electron chi connectivity index (χ2n) is 10.3. The fourth-order valence-corrected chi connectivity index (χ4v) is 7.06. The van der Waals surface area contributed by atoms with Gasteiger partial charge in [-0.3, -0.25) is 9.00 Å². The number of carbonyl (C=O) groups is 1. The molecule has 0 spiro atoms. The normalized spacial score (nSPS) is 19.9. The molecule has 3 atom stereocenters. The Morgan fingerprint density at radius 1 is 0.974 bits per heavy atom. The van der Waals surface area contributed by atoms with Crippen LogP contribution in [0.15, 0.2) is 71.6 Å². The highest BCUT2D eigenvalue weighted by atomic mass is 35.5. The summed E-state index contributed by atoms with van der Waals surface area (Å²) in [5, 5.41) is 1.09. The van der Waals surface area contributed by atoms with Gasteiger partial charge >= 0.3 is 0 Å². The average Bonchev–Trinajstić information content (AvgIpc) is 3.22. The van der Waals surface area contributed by atoms with E-state index in [1.54, 1.807) is 6.26 Å². The van der Waals surface area contributed by atoms with Crippen LogP contribution in [0.1, 0.15) is 71.1 Å². The number of rotatable bonds is 8. The van der Waals surface area contributed by atoms with Crippen molar-refractivity contribution < 1.29 is 9.00 Å². The average molecular weight is 570 g/mol. The number of nitrogens with zero attached hydrogens (tertiary/aromatic N) is 2. The van der Waals surface area contributed by atoms with Gasteiger partial charge in [0.15, 0.2) is 0 Å². The number of hydrogen-bond donors (Lipinski definition) is 0. The Morgan fingerprint density at radius 2 is 1.74 bits per heavy atom. The molecular weight excluding hydrogens is 535 g/mol. The van der Waals surface area contributed by atoms with Gasteiger partial charge in [-0.2, -0.15) is 0 Å². The van der Waals surface area contributed by atoms with Gasteiger partial charge in [-0.05, 0) is 98.8 Å². The number of benzene rings is 3. The number of hydrogen-bond acceptors (Lipinski definition) is 3. The molecule has 0 radical (unpaired) electrons. The van der Waals surface area contributed by atoms with Crippen molar-refractivity contribution in [3.8, 4) is 0 Å². The third-order valence-electron chi connectivity index (χ3n) is 8.21. The van der Waals surface area contributed by atoms with Gasteiger partial charge in [0.25, 0.3) is 5.91 Å². The summed E-state index contributed by atoms with van der Waals surface area (Å²) < 4.78 is 12.0. The molecular formula is C31H34Cl2N2O2S. The van der Waals surface area contributed by atoms with Crippen LogP contribution in [0, 0.1) is 0 Å². The van der Waals surface area contributed by atoms with Crippen molar-refractivity contribution in [1.29, 1.82) is 0 Å². The summed E-state index contributed by atoms with van der Waals surface area (Å²) in [6, 6.07) is 22.2. The maximum Gasteiger partial charge on any atom is 0.254 e. The molecule has 2 aliphatic heterocycles. The number of likely N-dealkylation sites (tertiary alicyclic amines) is 1. The molecule has 1 fully saturated rings. The smallest absolute Gasteiger partial charge is 0.254 e. The molecule has 4 nitrogen and oxygen atoms in total. The van der Waals surface area contributed by atoms with Crippen molar-refractivity contribution in [2.45, 2.75) is 49.0 Å². The molecule has 38 heavy (non-hydrogen) atoms. The standard InChI is InChI=1S/C31H34Cl2N2O2S/c1-3-35-30(26-9-4-5-10-27(26)31(35)36)25(23-11-12-28(32)29(33)20-23)15-18-34-16-13-21(14-17-34)22-7-6-8-24(19-22)38(2)37/h4-12,19-21,25,30H,3,13-18H2,1-2H3/t25-,30+,38?/m0/s1. The Hall–Kier alpha value is -2.18. The third kappa shape index (κ3) is 5.58. The van der Waals surface area contributed by atoms with Gasteiger partial charge in [0, 0.05) is 40.0 Å². The number of piperidine rings is 1. The fraction of sp³-hybridized carbons (Fsp3) is 0.387. The first-order valence-corrected chi connectivity index (χ1v) is 15.7. The fourth-order valence-electron chi connectivity index (χ4n) is 6.18. The van der Waals surface area contributed by atoms with E-state index < -0.39 is 10.8 Å². The lowest BCUT2D eigenvalue weighted by atomic mass is 9.83. The minimum Gasteiger partial charge on any atom is -0.331 e. The van der Waals surface area contributed by atoms with E-state index in [1.807, 2.05) is 47.4 Å². The first-order chi connectivity index (χ1) is 18.4. The molecule has 2 heterocycles. The van der Waals surface area contributed by atoms with E-state index in [9.17, 15) is 9.00 Å². The molecule has 0 bridgehead atoms. The van der Waals surface area contributed by atoms with E-state index in [0.29, 0.717) is 22.5 Å². The monoisotopic (exact) mass is 568 g/mol. The topological polar surface area (TPSA) is 40.6 Å². The highest BCUT2D eigenvalue weighted by molar-refractivity contribution is 7.84. The van der Waals surface area contributed by atoms with Crippen molar-refractivity contribution in [2.24, 2.45) is 0 Å².